The highest BCUT2D eigenvalue weighted by molar-refractivity contribution is 5.76. The molecule has 1 saturated heterocycles. The molecule has 2 heterocycles. The SMILES string of the molecule is COc1cc(OC)c([C@H](CC(N)=O)c2oc(CN3CCCCC3)cc(=O)c2O)cc1OC. The molecule has 2 aromatic rings. The third-order valence-electron chi connectivity index (χ3n) is 5.66. The van der Waals surface area contributed by atoms with Gasteiger partial charge in [-0.25, -0.2) is 0 Å². The molecule has 9 nitrogen and oxygen atoms in total. The summed E-state index contributed by atoms with van der Waals surface area (Å²) in [6.07, 6.45) is 3.14. The fraction of sp³-hybridized carbons (Fsp3) is 0.478. The number of hydrogen-bond donors (Lipinski definition) is 2. The Morgan fingerprint density at radius 3 is 2.28 bits per heavy atom. The second-order valence-electron chi connectivity index (χ2n) is 7.80. The zero-order valence-corrected chi connectivity index (χ0v) is 18.7. The molecule has 1 aromatic heterocycles. The van der Waals surface area contributed by atoms with Crippen LogP contribution in [0.4, 0.5) is 0 Å². The summed E-state index contributed by atoms with van der Waals surface area (Å²) in [4.78, 5) is 26.7. The molecule has 1 aliphatic rings. The number of rotatable bonds is 9. The van der Waals surface area contributed by atoms with Crippen molar-refractivity contribution in [2.45, 2.75) is 38.1 Å². The molecule has 1 fully saturated rings. The second-order valence-corrected chi connectivity index (χ2v) is 7.80. The summed E-state index contributed by atoms with van der Waals surface area (Å²) in [6.45, 7) is 2.26. The molecule has 0 saturated carbocycles. The smallest absolute Gasteiger partial charge is 0.227 e. The van der Waals surface area contributed by atoms with Gasteiger partial charge in [-0.2, -0.15) is 0 Å². The van der Waals surface area contributed by atoms with Crippen molar-refractivity contribution in [1.29, 1.82) is 0 Å². The minimum absolute atomic E-state index is 0.0335. The van der Waals surface area contributed by atoms with Crippen LogP contribution in [-0.2, 0) is 11.3 Å². The lowest BCUT2D eigenvalue weighted by atomic mass is 9.90. The summed E-state index contributed by atoms with van der Waals surface area (Å²) < 4.78 is 22.2. The molecule has 1 aliphatic heterocycles. The Labute approximate surface area is 186 Å². The number of piperidine rings is 1. The van der Waals surface area contributed by atoms with Crippen LogP contribution in [0.5, 0.6) is 23.0 Å². The first-order chi connectivity index (χ1) is 15.4. The molecule has 1 aromatic carbocycles. The van der Waals surface area contributed by atoms with Crippen LogP contribution in [0.2, 0.25) is 0 Å². The Balaban J connectivity index is 2.12. The first kappa shape index (κ1) is 23.5. The lowest BCUT2D eigenvalue weighted by molar-refractivity contribution is -0.118. The second kappa shape index (κ2) is 10.4. The van der Waals surface area contributed by atoms with E-state index in [1.807, 2.05) is 0 Å². The fourth-order valence-electron chi connectivity index (χ4n) is 4.08. The van der Waals surface area contributed by atoms with Gasteiger partial charge in [-0.05, 0) is 32.0 Å². The number of likely N-dealkylation sites (tertiary alicyclic amines) is 1. The van der Waals surface area contributed by atoms with E-state index in [4.69, 9.17) is 24.4 Å². The standard InChI is InChI=1S/C23H30N2O7/c1-29-18-12-20(31-3)19(30-2)10-15(18)16(11-21(24)27)23-22(28)17(26)9-14(32-23)13-25-7-5-4-6-8-25/h9-10,12,16,28H,4-8,11,13H2,1-3H3,(H2,24,27)/t16-/m0/s1. The van der Waals surface area contributed by atoms with E-state index in [1.54, 1.807) is 12.1 Å². The van der Waals surface area contributed by atoms with Gasteiger partial charge in [0.2, 0.25) is 17.1 Å². The van der Waals surface area contributed by atoms with Gasteiger partial charge in [0, 0.05) is 24.1 Å². The first-order valence-electron chi connectivity index (χ1n) is 10.5. The number of nitrogens with zero attached hydrogens (tertiary/aromatic N) is 1. The van der Waals surface area contributed by atoms with Crippen molar-refractivity contribution in [3.8, 4) is 23.0 Å². The van der Waals surface area contributed by atoms with E-state index in [-0.39, 0.29) is 12.2 Å². The van der Waals surface area contributed by atoms with Crippen molar-refractivity contribution in [2.75, 3.05) is 34.4 Å². The van der Waals surface area contributed by atoms with Crippen LogP contribution < -0.4 is 25.4 Å². The number of aromatic hydroxyl groups is 1. The van der Waals surface area contributed by atoms with Gasteiger partial charge in [0.05, 0.1) is 33.8 Å². The van der Waals surface area contributed by atoms with Gasteiger partial charge in [0.15, 0.2) is 17.3 Å². The Morgan fingerprint density at radius 2 is 1.69 bits per heavy atom. The average Bonchev–Trinajstić information content (AvgIpc) is 2.79. The van der Waals surface area contributed by atoms with Crippen molar-refractivity contribution >= 4 is 5.91 Å². The van der Waals surface area contributed by atoms with Crippen LogP contribution in [0.25, 0.3) is 0 Å². The number of nitrogens with two attached hydrogens (primary N) is 1. The molecule has 9 heteroatoms. The Hall–Kier alpha value is -3.20. The summed E-state index contributed by atoms with van der Waals surface area (Å²) in [5.74, 6) is -0.480. The molecule has 32 heavy (non-hydrogen) atoms. The first-order valence-corrected chi connectivity index (χ1v) is 10.5. The van der Waals surface area contributed by atoms with E-state index < -0.39 is 23.0 Å². The molecule has 0 aliphatic carbocycles. The monoisotopic (exact) mass is 446 g/mol. The van der Waals surface area contributed by atoms with Crippen LogP contribution >= 0.6 is 0 Å². The minimum atomic E-state index is -0.865. The van der Waals surface area contributed by atoms with Crippen LogP contribution in [-0.4, -0.2) is 50.3 Å². The van der Waals surface area contributed by atoms with Crippen molar-refractivity contribution in [3.63, 3.8) is 0 Å². The number of hydrogen-bond acceptors (Lipinski definition) is 8. The molecule has 0 radical (unpaired) electrons. The van der Waals surface area contributed by atoms with E-state index in [9.17, 15) is 14.7 Å². The van der Waals surface area contributed by atoms with Crippen molar-refractivity contribution in [2.24, 2.45) is 5.73 Å². The maximum atomic E-state index is 12.6. The summed E-state index contributed by atoms with van der Waals surface area (Å²) in [5.41, 5.74) is 5.41. The minimum Gasteiger partial charge on any atom is -0.502 e. The maximum absolute atomic E-state index is 12.6. The zero-order valence-electron chi connectivity index (χ0n) is 18.7. The molecule has 3 rings (SSSR count). The van der Waals surface area contributed by atoms with Gasteiger partial charge < -0.3 is 29.5 Å². The fourth-order valence-corrected chi connectivity index (χ4v) is 4.08. The predicted octanol–water partition coefficient (Wildman–Crippen LogP) is 2.36. The summed E-state index contributed by atoms with van der Waals surface area (Å²) in [7, 11) is 4.44. The number of primary amides is 1. The number of carbonyl (C=O) groups is 1. The highest BCUT2D eigenvalue weighted by atomic mass is 16.5. The molecule has 3 N–H and O–H groups in total. The molecule has 0 unspecified atom stereocenters. The van der Waals surface area contributed by atoms with E-state index >= 15 is 0 Å². The van der Waals surface area contributed by atoms with Gasteiger partial charge in [0.25, 0.3) is 0 Å². The normalized spacial score (nSPS) is 15.2. The van der Waals surface area contributed by atoms with Crippen molar-refractivity contribution in [3.05, 3.63) is 45.5 Å². The Kier molecular flexibility index (Phi) is 7.63. The molecule has 1 amide bonds. The molecule has 174 valence electrons. The molecule has 1 atom stereocenters. The number of ether oxygens (including phenoxy) is 3. The summed E-state index contributed by atoms with van der Waals surface area (Å²) >= 11 is 0. The van der Waals surface area contributed by atoms with E-state index in [0.29, 0.717) is 35.1 Å². The molecular weight excluding hydrogens is 416 g/mol. The lowest BCUT2D eigenvalue weighted by Gasteiger charge is -2.26. The highest BCUT2D eigenvalue weighted by Crippen LogP contribution is 2.43. The zero-order chi connectivity index (χ0) is 23.3. The molecule has 0 spiro atoms. The van der Waals surface area contributed by atoms with Crippen LogP contribution in [0.1, 0.15) is 48.7 Å². The Morgan fingerprint density at radius 1 is 1.06 bits per heavy atom. The topological polar surface area (TPSA) is 124 Å². The number of carbonyl (C=O) groups excluding carboxylic acids is 1. The van der Waals surface area contributed by atoms with Crippen molar-refractivity contribution < 1.29 is 28.5 Å². The van der Waals surface area contributed by atoms with Crippen LogP contribution in [0.15, 0.2) is 27.4 Å². The van der Waals surface area contributed by atoms with Gasteiger partial charge in [0.1, 0.15) is 11.5 Å². The molecule has 0 bridgehead atoms. The van der Waals surface area contributed by atoms with E-state index in [1.165, 1.54) is 33.8 Å². The largest absolute Gasteiger partial charge is 0.502 e. The molecular formula is C23H30N2O7. The third kappa shape index (κ3) is 5.16. The van der Waals surface area contributed by atoms with Gasteiger partial charge >= 0.3 is 0 Å². The maximum Gasteiger partial charge on any atom is 0.227 e. The number of methoxy groups -OCH3 is 3. The van der Waals surface area contributed by atoms with Gasteiger partial charge in [-0.3, -0.25) is 14.5 Å². The predicted molar refractivity (Wildman–Crippen MR) is 118 cm³/mol. The van der Waals surface area contributed by atoms with E-state index in [0.717, 1.165) is 25.9 Å². The third-order valence-corrected chi connectivity index (χ3v) is 5.66. The van der Waals surface area contributed by atoms with E-state index in [2.05, 4.69) is 4.90 Å². The Bertz CT molecular complexity index is 1010. The number of amides is 1. The van der Waals surface area contributed by atoms with Crippen LogP contribution in [0.3, 0.4) is 0 Å². The average molecular weight is 447 g/mol. The van der Waals surface area contributed by atoms with Gasteiger partial charge in [-0.1, -0.05) is 6.42 Å². The number of benzene rings is 1. The van der Waals surface area contributed by atoms with Gasteiger partial charge in [-0.15, -0.1) is 0 Å². The lowest BCUT2D eigenvalue weighted by Crippen LogP contribution is -2.29. The van der Waals surface area contributed by atoms with Crippen molar-refractivity contribution in [1.82, 2.24) is 4.90 Å². The highest BCUT2D eigenvalue weighted by Gasteiger charge is 2.29. The quantitative estimate of drug-likeness (QED) is 0.602. The van der Waals surface area contributed by atoms with Crippen LogP contribution in [0, 0.1) is 0 Å². The summed E-state index contributed by atoms with van der Waals surface area (Å²) in [5, 5.41) is 10.6. The summed E-state index contributed by atoms with van der Waals surface area (Å²) in [6, 6.07) is 4.53.